The van der Waals surface area contributed by atoms with Crippen molar-refractivity contribution in [3.05, 3.63) is 82.9 Å². The summed E-state index contributed by atoms with van der Waals surface area (Å²) >= 11 is 5.97. The van der Waals surface area contributed by atoms with E-state index in [0.29, 0.717) is 35.0 Å². The molecule has 28 heavy (non-hydrogen) atoms. The van der Waals surface area contributed by atoms with Gasteiger partial charge in [0.05, 0.1) is 24.7 Å². The minimum absolute atomic E-state index is 0.217. The molecule has 0 saturated carbocycles. The molecule has 0 aliphatic heterocycles. The van der Waals surface area contributed by atoms with Gasteiger partial charge in [-0.1, -0.05) is 29.8 Å². The highest BCUT2D eigenvalue weighted by Gasteiger charge is 2.11. The maximum Gasteiger partial charge on any atom is 0.274 e. The Morgan fingerprint density at radius 1 is 1.18 bits per heavy atom. The number of aromatic nitrogens is 1. The third-order valence-electron chi connectivity index (χ3n) is 4.09. The number of halogens is 2. The summed E-state index contributed by atoms with van der Waals surface area (Å²) in [6, 6.07) is 15.0. The quantitative estimate of drug-likeness (QED) is 0.599. The average Bonchev–Trinajstić information content (AvgIpc) is 2.70. The molecule has 0 saturated heterocycles. The van der Waals surface area contributed by atoms with E-state index in [-0.39, 0.29) is 17.4 Å². The Labute approximate surface area is 167 Å². The Morgan fingerprint density at radius 2 is 2.00 bits per heavy atom. The largest absolute Gasteiger partial charge is 0.495 e. The first-order chi connectivity index (χ1) is 13.6. The summed E-state index contributed by atoms with van der Waals surface area (Å²) in [5.41, 5.74) is 2.11. The monoisotopic (exact) mass is 399 g/mol. The Morgan fingerprint density at radius 3 is 2.71 bits per heavy atom. The first-order valence-electron chi connectivity index (χ1n) is 8.65. The molecule has 3 rings (SSSR count). The number of amides is 1. The molecule has 0 bridgehead atoms. The lowest BCUT2D eigenvalue weighted by molar-refractivity contribution is 0.102. The molecule has 0 unspecified atom stereocenters. The van der Waals surface area contributed by atoms with Gasteiger partial charge in [-0.3, -0.25) is 4.79 Å². The van der Waals surface area contributed by atoms with Crippen LogP contribution >= 0.6 is 11.6 Å². The Bertz CT molecular complexity index is 964. The first-order valence-corrected chi connectivity index (χ1v) is 9.03. The molecule has 144 valence electrons. The molecule has 0 fully saturated rings. The van der Waals surface area contributed by atoms with E-state index in [1.54, 1.807) is 48.7 Å². The second-order valence-corrected chi connectivity index (χ2v) is 6.44. The van der Waals surface area contributed by atoms with Crippen molar-refractivity contribution in [2.45, 2.75) is 6.42 Å². The van der Waals surface area contributed by atoms with Crippen molar-refractivity contribution >= 4 is 28.9 Å². The van der Waals surface area contributed by atoms with Gasteiger partial charge < -0.3 is 15.4 Å². The summed E-state index contributed by atoms with van der Waals surface area (Å²) in [6.45, 7) is 0.549. The number of hydrogen-bond donors (Lipinski definition) is 2. The van der Waals surface area contributed by atoms with Crippen LogP contribution in [0.3, 0.4) is 0 Å². The van der Waals surface area contributed by atoms with Crippen LogP contribution in [0.5, 0.6) is 5.75 Å². The predicted molar refractivity (Wildman–Crippen MR) is 109 cm³/mol. The SMILES string of the molecule is COc1ccc(Cl)cc1NC(=O)c1ccc(NCCc2ccccc2F)cn1. The van der Waals surface area contributed by atoms with Gasteiger partial charge in [0.15, 0.2) is 0 Å². The molecule has 0 radical (unpaired) electrons. The molecule has 0 aliphatic rings. The minimum atomic E-state index is -0.376. The molecule has 1 aromatic heterocycles. The highest BCUT2D eigenvalue weighted by atomic mass is 35.5. The van der Waals surface area contributed by atoms with E-state index >= 15 is 0 Å². The summed E-state index contributed by atoms with van der Waals surface area (Å²) < 4.78 is 18.8. The molecule has 7 heteroatoms. The van der Waals surface area contributed by atoms with Crippen molar-refractivity contribution < 1.29 is 13.9 Å². The zero-order chi connectivity index (χ0) is 19.9. The van der Waals surface area contributed by atoms with E-state index < -0.39 is 0 Å². The third-order valence-corrected chi connectivity index (χ3v) is 4.32. The van der Waals surface area contributed by atoms with Crippen molar-refractivity contribution in [2.75, 3.05) is 24.3 Å². The summed E-state index contributed by atoms with van der Waals surface area (Å²) in [4.78, 5) is 16.6. The van der Waals surface area contributed by atoms with Crippen LogP contribution in [-0.4, -0.2) is 24.5 Å². The molecule has 3 aromatic rings. The van der Waals surface area contributed by atoms with E-state index in [1.807, 2.05) is 6.07 Å². The van der Waals surface area contributed by atoms with Crippen LogP contribution in [0.1, 0.15) is 16.1 Å². The number of carbonyl (C=O) groups is 1. The Kier molecular flexibility index (Phi) is 6.45. The third kappa shape index (κ3) is 4.98. The van der Waals surface area contributed by atoms with E-state index in [1.165, 1.54) is 13.2 Å². The second kappa shape index (κ2) is 9.19. The van der Waals surface area contributed by atoms with E-state index in [2.05, 4.69) is 15.6 Å². The lowest BCUT2D eigenvalue weighted by Gasteiger charge is -2.11. The van der Waals surface area contributed by atoms with E-state index in [4.69, 9.17) is 16.3 Å². The highest BCUT2D eigenvalue weighted by molar-refractivity contribution is 6.31. The Balaban J connectivity index is 1.58. The van der Waals surface area contributed by atoms with Crippen LogP contribution in [0.4, 0.5) is 15.8 Å². The van der Waals surface area contributed by atoms with E-state index in [0.717, 1.165) is 5.69 Å². The summed E-state index contributed by atoms with van der Waals surface area (Å²) in [5, 5.41) is 6.38. The Hall–Kier alpha value is -3.12. The maximum atomic E-state index is 13.6. The topological polar surface area (TPSA) is 63.2 Å². The fourth-order valence-electron chi connectivity index (χ4n) is 2.64. The molecular formula is C21H19ClFN3O2. The van der Waals surface area contributed by atoms with Gasteiger partial charge in [-0.2, -0.15) is 0 Å². The van der Waals surface area contributed by atoms with Gasteiger partial charge in [0.25, 0.3) is 5.91 Å². The molecule has 0 aliphatic carbocycles. The van der Waals surface area contributed by atoms with Gasteiger partial charge >= 0.3 is 0 Å². The summed E-state index contributed by atoms with van der Waals surface area (Å²) in [6.07, 6.45) is 2.11. The number of hydrogen-bond acceptors (Lipinski definition) is 4. The van der Waals surface area contributed by atoms with Crippen LogP contribution in [0.2, 0.25) is 5.02 Å². The van der Waals surface area contributed by atoms with Gasteiger partial charge in [-0.15, -0.1) is 0 Å². The number of nitrogens with one attached hydrogen (secondary N) is 2. The number of anilines is 2. The number of rotatable bonds is 7. The number of methoxy groups -OCH3 is 1. The molecular weight excluding hydrogens is 381 g/mol. The van der Waals surface area contributed by atoms with Crippen LogP contribution in [0, 0.1) is 5.82 Å². The number of nitrogens with zero attached hydrogens (tertiary/aromatic N) is 1. The normalized spacial score (nSPS) is 10.4. The minimum Gasteiger partial charge on any atom is -0.495 e. The second-order valence-electron chi connectivity index (χ2n) is 6.00. The van der Waals surface area contributed by atoms with E-state index in [9.17, 15) is 9.18 Å². The number of pyridine rings is 1. The van der Waals surface area contributed by atoms with Crippen molar-refractivity contribution in [1.82, 2.24) is 4.98 Å². The molecule has 5 nitrogen and oxygen atoms in total. The fourth-order valence-corrected chi connectivity index (χ4v) is 2.81. The van der Waals surface area contributed by atoms with Crippen molar-refractivity contribution in [3.8, 4) is 5.75 Å². The number of benzene rings is 2. The fraction of sp³-hybridized carbons (Fsp3) is 0.143. The van der Waals surface area contributed by atoms with Crippen LogP contribution in [0.15, 0.2) is 60.8 Å². The zero-order valence-electron chi connectivity index (χ0n) is 15.2. The van der Waals surface area contributed by atoms with Crippen LogP contribution in [-0.2, 0) is 6.42 Å². The lowest BCUT2D eigenvalue weighted by atomic mass is 10.1. The lowest BCUT2D eigenvalue weighted by Crippen LogP contribution is -2.14. The van der Waals surface area contributed by atoms with Crippen molar-refractivity contribution in [2.24, 2.45) is 0 Å². The summed E-state index contributed by atoms with van der Waals surface area (Å²) in [7, 11) is 1.51. The average molecular weight is 400 g/mol. The molecule has 1 heterocycles. The smallest absolute Gasteiger partial charge is 0.274 e. The number of ether oxygens (including phenoxy) is 1. The number of carbonyl (C=O) groups excluding carboxylic acids is 1. The molecule has 1 amide bonds. The van der Waals surface area contributed by atoms with Gasteiger partial charge in [0.1, 0.15) is 17.3 Å². The summed E-state index contributed by atoms with van der Waals surface area (Å²) in [5.74, 6) is -0.0893. The molecule has 0 atom stereocenters. The van der Waals surface area contributed by atoms with Crippen molar-refractivity contribution in [3.63, 3.8) is 0 Å². The highest BCUT2D eigenvalue weighted by Crippen LogP contribution is 2.28. The van der Waals surface area contributed by atoms with Crippen LogP contribution in [0.25, 0.3) is 0 Å². The predicted octanol–water partition coefficient (Wildman–Crippen LogP) is 4.79. The molecule has 2 aromatic carbocycles. The van der Waals surface area contributed by atoms with Crippen LogP contribution < -0.4 is 15.4 Å². The molecule has 2 N–H and O–H groups in total. The standard InChI is InChI=1S/C21H19ClFN3O2/c1-28-20-9-6-15(22)12-19(20)26-21(27)18-8-7-16(13-25-18)24-11-10-14-4-2-3-5-17(14)23/h2-9,12-13,24H,10-11H2,1H3,(H,26,27). The first kappa shape index (κ1) is 19.6. The molecule has 0 spiro atoms. The zero-order valence-corrected chi connectivity index (χ0v) is 16.0. The maximum absolute atomic E-state index is 13.6. The van der Waals surface area contributed by atoms with Crippen molar-refractivity contribution in [1.29, 1.82) is 0 Å². The van der Waals surface area contributed by atoms with Gasteiger partial charge in [-0.05, 0) is 48.4 Å². The van der Waals surface area contributed by atoms with Gasteiger partial charge in [0, 0.05) is 11.6 Å². The van der Waals surface area contributed by atoms with Gasteiger partial charge in [0.2, 0.25) is 0 Å². The van der Waals surface area contributed by atoms with Gasteiger partial charge in [-0.25, -0.2) is 9.37 Å².